The standard InChI is InChI=1S/C24H27NO6/c1-27-18-13-21(28-2)24(22(14-18)29-3)17-8-10-25(11-9-17)23(26)7-5-16-4-6-19-20(12-16)31-15-30-19/h4,6,8,12-14H,5,7,9-11,15H2,1-3H3. The molecule has 0 aliphatic carbocycles. The van der Waals surface area contributed by atoms with Crippen molar-refractivity contribution < 1.29 is 28.5 Å². The maximum atomic E-state index is 12.8. The molecular weight excluding hydrogens is 398 g/mol. The number of rotatable bonds is 7. The van der Waals surface area contributed by atoms with Gasteiger partial charge in [0.05, 0.1) is 26.9 Å². The highest BCUT2D eigenvalue weighted by molar-refractivity contribution is 5.81. The zero-order chi connectivity index (χ0) is 21.8. The van der Waals surface area contributed by atoms with Gasteiger partial charge >= 0.3 is 0 Å². The predicted molar refractivity (Wildman–Crippen MR) is 116 cm³/mol. The first-order valence-corrected chi connectivity index (χ1v) is 10.3. The number of hydrogen-bond acceptors (Lipinski definition) is 6. The van der Waals surface area contributed by atoms with Crippen LogP contribution < -0.4 is 23.7 Å². The first-order chi connectivity index (χ1) is 15.1. The Bertz CT molecular complexity index is 975. The fourth-order valence-electron chi connectivity index (χ4n) is 3.95. The van der Waals surface area contributed by atoms with E-state index in [-0.39, 0.29) is 12.7 Å². The van der Waals surface area contributed by atoms with Crippen LogP contribution in [0.25, 0.3) is 5.57 Å². The lowest BCUT2D eigenvalue weighted by Crippen LogP contribution is -2.34. The summed E-state index contributed by atoms with van der Waals surface area (Å²) in [6.07, 6.45) is 3.93. The fourth-order valence-corrected chi connectivity index (χ4v) is 3.95. The number of fused-ring (bicyclic) bond motifs is 1. The smallest absolute Gasteiger partial charge is 0.231 e. The maximum Gasteiger partial charge on any atom is 0.231 e. The minimum absolute atomic E-state index is 0.140. The molecule has 2 aromatic carbocycles. The van der Waals surface area contributed by atoms with Gasteiger partial charge in [0.25, 0.3) is 0 Å². The van der Waals surface area contributed by atoms with Gasteiger partial charge in [-0.05, 0) is 36.1 Å². The molecule has 1 amide bonds. The lowest BCUT2D eigenvalue weighted by molar-refractivity contribution is -0.130. The molecule has 0 aromatic heterocycles. The Morgan fingerprint density at radius 2 is 1.74 bits per heavy atom. The Morgan fingerprint density at radius 1 is 1.00 bits per heavy atom. The van der Waals surface area contributed by atoms with E-state index in [9.17, 15) is 4.79 Å². The van der Waals surface area contributed by atoms with Crippen LogP contribution >= 0.6 is 0 Å². The third-order valence-electron chi connectivity index (χ3n) is 5.66. The highest BCUT2D eigenvalue weighted by Crippen LogP contribution is 2.41. The molecular formula is C24H27NO6. The molecule has 0 fully saturated rings. The summed E-state index contributed by atoms with van der Waals surface area (Å²) in [7, 11) is 4.88. The number of aryl methyl sites for hydroxylation is 1. The van der Waals surface area contributed by atoms with Crippen LogP contribution in [0.1, 0.15) is 24.0 Å². The number of carbonyl (C=O) groups excluding carboxylic acids is 1. The van der Waals surface area contributed by atoms with Crippen molar-refractivity contribution >= 4 is 11.5 Å². The van der Waals surface area contributed by atoms with Crippen molar-refractivity contribution in [3.05, 3.63) is 47.5 Å². The Labute approximate surface area is 182 Å². The average Bonchev–Trinajstić information content (AvgIpc) is 3.29. The molecule has 164 valence electrons. The molecule has 0 spiro atoms. The van der Waals surface area contributed by atoms with E-state index >= 15 is 0 Å². The number of ether oxygens (including phenoxy) is 5. The number of amides is 1. The van der Waals surface area contributed by atoms with Gasteiger partial charge in [0.2, 0.25) is 12.7 Å². The van der Waals surface area contributed by atoms with Crippen molar-refractivity contribution in [2.75, 3.05) is 41.2 Å². The molecule has 4 rings (SSSR count). The second-order valence-electron chi connectivity index (χ2n) is 7.41. The van der Waals surface area contributed by atoms with Gasteiger partial charge in [0.15, 0.2) is 11.5 Å². The Balaban J connectivity index is 1.41. The summed E-state index contributed by atoms with van der Waals surface area (Å²) >= 11 is 0. The van der Waals surface area contributed by atoms with Crippen LogP contribution in [0.15, 0.2) is 36.4 Å². The summed E-state index contributed by atoms with van der Waals surface area (Å²) < 4.78 is 27.2. The van der Waals surface area contributed by atoms with Crippen LogP contribution in [0.5, 0.6) is 28.7 Å². The first kappa shape index (κ1) is 20.9. The summed E-state index contributed by atoms with van der Waals surface area (Å²) in [5, 5.41) is 0. The molecule has 2 aliphatic heterocycles. The van der Waals surface area contributed by atoms with Crippen LogP contribution in [-0.4, -0.2) is 52.0 Å². The second kappa shape index (κ2) is 9.20. The summed E-state index contributed by atoms with van der Waals surface area (Å²) in [4.78, 5) is 14.6. The summed E-state index contributed by atoms with van der Waals surface area (Å²) in [5.74, 6) is 3.72. The van der Waals surface area contributed by atoms with Gasteiger partial charge in [-0.3, -0.25) is 4.79 Å². The highest BCUT2D eigenvalue weighted by atomic mass is 16.7. The topological polar surface area (TPSA) is 66.5 Å². The van der Waals surface area contributed by atoms with E-state index in [1.807, 2.05) is 35.2 Å². The van der Waals surface area contributed by atoms with Gasteiger partial charge in [-0.1, -0.05) is 12.1 Å². The molecule has 0 radical (unpaired) electrons. The third-order valence-corrected chi connectivity index (χ3v) is 5.66. The highest BCUT2D eigenvalue weighted by Gasteiger charge is 2.23. The monoisotopic (exact) mass is 425 g/mol. The Hall–Kier alpha value is -3.35. The van der Waals surface area contributed by atoms with Crippen LogP contribution in [-0.2, 0) is 11.2 Å². The summed E-state index contributed by atoms with van der Waals surface area (Å²) in [6, 6.07) is 9.53. The summed E-state index contributed by atoms with van der Waals surface area (Å²) in [5.41, 5.74) is 3.09. The largest absolute Gasteiger partial charge is 0.496 e. The quantitative estimate of drug-likeness (QED) is 0.674. The van der Waals surface area contributed by atoms with Gasteiger partial charge < -0.3 is 28.6 Å². The second-order valence-corrected chi connectivity index (χ2v) is 7.41. The van der Waals surface area contributed by atoms with E-state index in [1.165, 1.54) is 0 Å². The zero-order valence-corrected chi connectivity index (χ0v) is 18.1. The van der Waals surface area contributed by atoms with E-state index in [1.54, 1.807) is 21.3 Å². The molecule has 31 heavy (non-hydrogen) atoms. The lowest BCUT2D eigenvalue weighted by atomic mass is 9.97. The van der Waals surface area contributed by atoms with Crippen LogP contribution in [0.3, 0.4) is 0 Å². The van der Waals surface area contributed by atoms with Crippen molar-refractivity contribution in [2.45, 2.75) is 19.3 Å². The number of benzene rings is 2. The SMILES string of the molecule is COc1cc(OC)c(C2=CCN(C(=O)CCc3ccc4c(c3)OCO4)CC2)c(OC)c1. The molecule has 2 aromatic rings. The van der Waals surface area contributed by atoms with E-state index < -0.39 is 0 Å². The minimum Gasteiger partial charge on any atom is -0.496 e. The third kappa shape index (κ3) is 4.40. The Kier molecular flexibility index (Phi) is 6.21. The van der Waals surface area contributed by atoms with Gasteiger partial charge in [-0.15, -0.1) is 0 Å². The molecule has 2 aliphatic rings. The normalized spacial score (nSPS) is 14.8. The van der Waals surface area contributed by atoms with Crippen LogP contribution in [0.2, 0.25) is 0 Å². The van der Waals surface area contributed by atoms with E-state index in [0.29, 0.717) is 43.2 Å². The molecule has 0 saturated carbocycles. The molecule has 0 unspecified atom stereocenters. The number of methoxy groups -OCH3 is 3. The molecule has 0 atom stereocenters. The van der Waals surface area contributed by atoms with Crippen LogP contribution in [0.4, 0.5) is 0 Å². The predicted octanol–water partition coefficient (Wildman–Crippen LogP) is 3.69. The number of hydrogen-bond donors (Lipinski definition) is 0. The molecule has 7 nitrogen and oxygen atoms in total. The average molecular weight is 425 g/mol. The lowest BCUT2D eigenvalue weighted by Gasteiger charge is -2.28. The van der Waals surface area contributed by atoms with Gasteiger partial charge in [-0.2, -0.15) is 0 Å². The maximum absolute atomic E-state index is 12.8. The zero-order valence-electron chi connectivity index (χ0n) is 18.1. The first-order valence-electron chi connectivity index (χ1n) is 10.3. The molecule has 0 N–H and O–H groups in total. The number of nitrogens with zero attached hydrogens (tertiary/aromatic N) is 1. The van der Waals surface area contributed by atoms with Crippen molar-refractivity contribution in [1.82, 2.24) is 4.90 Å². The van der Waals surface area contributed by atoms with E-state index in [2.05, 4.69) is 6.08 Å². The Morgan fingerprint density at radius 3 is 2.39 bits per heavy atom. The molecule has 2 heterocycles. The fraction of sp³-hybridized carbons (Fsp3) is 0.375. The van der Waals surface area contributed by atoms with Crippen molar-refractivity contribution in [1.29, 1.82) is 0 Å². The van der Waals surface area contributed by atoms with Crippen molar-refractivity contribution in [3.63, 3.8) is 0 Å². The molecule has 0 saturated heterocycles. The van der Waals surface area contributed by atoms with Crippen LogP contribution in [0, 0.1) is 0 Å². The number of carbonyl (C=O) groups is 1. The van der Waals surface area contributed by atoms with Crippen molar-refractivity contribution in [2.24, 2.45) is 0 Å². The molecule has 7 heteroatoms. The minimum atomic E-state index is 0.140. The van der Waals surface area contributed by atoms with Gasteiger partial charge in [0.1, 0.15) is 17.2 Å². The van der Waals surface area contributed by atoms with Crippen molar-refractivity contribution in [3.8, 4) is 28.7 Å². The summed E-state index contributed by atoms with van der Waals surface area (Å²) in [6.45, 7) is 1.47. The van der Waals surface area contributed by atoms with Gasteiger partial charge in [-0.25, -0.2) is 0 Å². The van der Waals surface area contributed by atoms with E-state index in [4.69, 9.17) is 23.7 Å². The molecule has 0 bridgehead atoms. The van der Waals surface area contributed by atoms with E-state index in [0.717, 1.165) is 34.6 Å². The van der Waals surface area contributed by atoms with Gasteiger partial charge in [0, 0.05) is 31.6 Å².